The van der Waals surface area contributed by atoms with E-state index in [4.69, 9.17) is 37.3 Å². The molecule has 46 heavy (non-hydrogen) atoms. The van der Waals surface area contributed by atoms with Crippen molar-refractivity contribution in [1.29, 1.82) is 0 Å². The van der Waals surface area contributed by atoms with Crippen molar-refractivity contribution in [1.82, 2.24) is 0 Å². The normalized spacial score (nSPS) is 13.7. The zero-order valence-corrected chi connectivity index (χ0v) is 32.5. The van der Waals surface area contributed by atoms with Crippen LogP contribution in [0.4, 0.5) is 0 Å². The molecule has 2 atom stereocenters. The van der Waals surface area contributed by atoms with Crippen LogP contribution < -0.4 is 27.8 Å². The van der Waals surface area contributed by atoms with Gasteiger partial charge in [-0.05, 0) is 60.5 Å². The van der Waals surface area contributed by atoms with E-state index in [-0.39, 0.29) is 10.1 Å². The molecular formula is C34H54O10Si2. The second-order valence-corrected chi connectivity index (χ2v) is 23.7. The molecule has 12 heteroatoms. The molecule has 0 amide bonds. The summed E-state index contributed by atoms with van der Waals surface area (Å²) >= 11 is 0. The third-order valence-electron chi connectivity index (χ3n) is 8.84. The van der Waals surface area contributed by atoms with Gasteiger partial charge in [-0.15, -0.1) is 0 Å². The van der Waals surface area contributed by atoms with Gasteiger partial charge >= 0.3 is 11.9 Å². The molecule has 0 radical (unpaired) electrons. The first kappa shape index (κ1) is 38.8. The maximum atomic E-state index is 12.8. The maximum Gasteiger partial charge on any atom is 0.303 e. The van der Waals surface area contributed by atoms with E-state index in [2.05, 4.69) is 67.7 Å². The van der Waals surface area contributed by atoms with Crippen molar-refractivity contribution < 1.29 is 46.9 Å². The van der Waals surface area contributed by atoms with E-state index < -0.39 is 40.8 Å². The first-order valence-corrected chi connectivity index (χ1v) is 21.1. The Morgan fingerprint density at radius 2 is 1.00 bits per heavy atom. The number of carbonyl (C=O) groups is 2. The van der Waals surface area contributed by atoms with E-state index >= 15 is 0 Å². The zero-order valence-electron chi connectivity index (χ0n) is 30.5. The minimum absolute atomic E-state index is 0.159. The van der Waals surface area contributed by atoms with E-state index in [0.29, 0.717) is 45.6 Å². The lowest BCUT2D eigenvalue weighted by Crippen LogP contribution is -2.46. The third-order valence-corrected chi connectivity index (χ3v) is 17.5. The van der Waals surface area contributed by atoms with Gasteiger partial charge in [-0.1, -0.05) is 41.5 Å². The molecular weight excluding hydrogens is 625 g/mol. The molecule has 0 aliphatic rings. The van der Waals surface area contributed by atoms with Crippen LogP contribution in [-0.4, -0.2) is 57.0 Å². The lowest BCUT2D eigenvalue weighted by molar-refractivity contribution is -0.167. The minimum Gasteiger partial charge on any atom is -0.541 e. The monoisotopic (exact) mass is 678 g/mol. The highest BCUT2D eigenvalue weighted by Crippen LogP contribution is 2.53. The van der Waals surface area contributed by atoms with Gasteiger partial charge in [0.15, 0.2) is 41.0 Å². The van der Waals surface area contributed by atoms with Gasteiger partial charge in [0, 0.05) is 25.0 Å². The summed E-state index contributed by atoms with van der Waals surface area (Å²) in [5, 5.41) is -0.363. The fourth-order valence-electron chi connectivity index (χ4n) is 4.18. The predicted octanol–water partition coefficient (Wildman–Crippen LogP) is 8.40. The first-order valence-electron chi connectivity index (χ1n) is 15.3. The molecule has 0 fully saturated rings. The van der Waals surface area contributed by atoms with Crippen LogP contribution in [0.5, 0.6) is 34.5 Å². The van der Waals surface area contributed by atoms with Crippen molar-refractivity contribution in [3.63, 3.8) is 0 Å². The SMILES string of the molecule is COc1cc([C@H](OC(C)=O)[C@@H](OC(C)=O)c2ccc(OC)c(O[Si](C)(C)C(C)(C)C)c2O[Si](C)(C)C(C)(C)C)cc(OC)c1OC. The largest absolute Gasteiger partial charge is 0.541 e. The summed E-state index contributed by atoms with van der Waals surface area (Å²) in [7, 11) is 1.02. The molecule has 258 valence electrons. The second-order valence-electron chi connectivity index (χ2n) is 14.3. The quantitative estimate of drug-likeness (QED) is 0.151. The zero-order chi connectivity index (χ0) is 35.4. The number of benzene rings is 2. The Hall–Kier alpha value is -3.39. The number of rotatable bonds is 13. The number of ether oxygens (including phenoxy) is 6. The summed E-state index contributed by atoms with van der Waals surface area (Å²) in [5.74, 6) is 1.13. The van der Waals surface area contributed by atoms with E-state index in [9.17, 15) is 9.59 Å². The molecule has 2 rings (SSSR count). The molecule has 0 aliphatic carbocycles. The highest BCUT2D eigenvalue weighted by atomic mass is 28.4. The molecule has 0 heterocycles. The highest BCUT2D eigenvalue weighted by molar-refractivity contribution is 6.75. The number of methoxy groups -OCH3 is 4. The van der Waals surface area contributed by atoms with Crippen molar-refractivity contribution in [3.05, 3.63) is 35.4 Å². The Morgan fingerprint density at radius 1 is 0.587 bits per heavy atom. The fourth-order valence-corrected chi connectivity index (χ4v) is 6.22. The maximum absolute atomic E-state index is 12.8. The van der Waals surface area contributed by atoms with Crippen LogP contribution >= 0.6 is 0 Å². The molecule has 0 bridgehead atoms. The molecule has 2 aromatic rings. The second kappa shape index (κ2) is 14.6. The third kappa shape index (κ3) is 8.70. The van der Waals surface area contributed by atoms with Crippen molar-refractivity contribution >= 4 is 28.6 Å². The van der Waals surface area contributed by atoms with E-state index in [1.165, 1.54) is 35.2 Å². The van der Waals surface area contributed by atoms with E-state index in [1.807, 2.05) is 0 Å². The Morgan fingerprint density at radius 3 is 1.37 bits per heavy atom. The molecule has 2 aromatic carbocycles. The predicted molar refractivity (Wildman–Crippen MR) is 184 cm³/mol. The standard InChI is InChI=1S/C34H54O10Si2/c1-21(35)41-28(23-19-26(38-10)31(40-12)27(20-23)39-11)29(42-22(2)36)24-17-18-25(37-9)32(44-46(15,16)34(6,7)8)30(24)43-45(13,14)33(3,4)5/h17-20,28-29H,1-16H3/t28-,29-/m0/s1. The Kier molecular flexibility index (Phi) is 12.3. The van der Waals surface area contributed by atoms with Gasteiger partial charge in [-0.2, -0.15) is 0 Å². The number of esters is 2. The lowest BCUT2D eigenvalue weighted by Gasteiger charge is -2.41. The first-order chi connectivity index (χ1) is 21.0. The molecule has 0 aromatic heterocycles. The average molecular weight is 679 g/mol. The number of hydrogen-bond acceptors (Lipinski definition) is 10. The molecule has 0 unspecified atom stereocenters. The van der Waals surface area contributed by atoms with Crippen molar-refractivity contribution in [2.75, 3.05) is 28.4 Å². The Balaban J connectivity index is 3.11. The van der Waals surface area contributed by atoms with Gasteiger partial charge < -0.3 is 37.3 Å². The van der Waals surface area contributed by atoms with Crippen LogP contribution in [0.1, 0.15) is 78.7 Å². The van der Waals surface area contributed by atoms with Crippen molar-refractivity contribution in [2.24, 2.45) is 0 Å². The van der Waals surface area contributed by atoms with E-state index in [1.54, 1.807) is 31.4 Å². The molecule has 0 saturated heterocycles. The average Bonchev–Trinajstić information content (AvgIpc) is 2.93. The molecule has 10 nitrogen and oxygen atoms in total. The molecule has 0 spiro atoms. The van der Waals surface area contributed by atoms with Crippen LogP contribution in [0.15, 0.2) is 24.3 Å². The van der Waals surface area contributed by atoms with Crippen LogP contribution in [0.25, 0.3) is 0 Å². The fraction of sp³-hybridized carbons (Fsp3) is 0.588. The molecule has 0 saturated carbocycles. The highest BCUT2D eigenvalue weighted by Gasteiger charge is 2.45. The van der Waals surface area contributed by atoms with Crippen molar-refractivity contribution in [2.45, 2.75) is 104 Å². The summed E-state index contributed by atoms with van der Waals surface area (Å²) in [6.45, 7) is 23.9. The summed E-state index contributed by atoms with van der Waals surface area (Å²) in [4.78, 5) is 25.5. The van der Waals surface area contributed by atoms with Crippen LogP contribution in [0, 0.1) is 0 Å². The van der Waals surface area contributed by atoms with Crippen molar-refractivity contribution in [3.8, 4) is 34.5 Å². The number of hydrogen-bond donors (Lipinski definition) is 0. The van der Waals surface area contributed by atoms with Crippen LogP contribution in [0.2, 0.25) is 36.3 Å². The van der Waals surface area contributed by atoms with Gasteiger partial charge in [0.2, 0.25) is 5.75 Å². The number of carbonyl (C=O) groups excluding carboxylic acids is 2. The van der Waals surface area contributed by atoms with Gasteiger partial charge in [-0.3, -0.25) is 9.59 Å². The molecule has 0 N–H and O–H groups in total. The smallest absolute Gasteiger partial charge is 0.303 e. The van der Waals surface area contributed by atoms with Crippen LogP contribution in [0.3, 0.4) is 0 Å². The van der Waals surface area contributed by atoms with Gasteiger partial charge in [0.25, 0.3) is 16.6 Å². The Bertz CT molecular complexity index is 1360. The van der Waals surface area contributed by atoms with Gasteiger partial charge in [-0.25, -0.2) is 0 Å². The summed E-state index contributed by atoms with van der Waals surface area (Å²) in [5.41, 5.74) is 0.895. The van der Waals surface area contributed by atoms with E-state index in [0.717, 1.165) is 0 Å². The lowest BCUT2D eigenvalue weighted by atomic mass is 9.95. The minimum atomic E-state index is -2.56. The van der Waals surface area contributed by atoms with Gasteiger partial charge in [0.1, 0.15) is 0 Å². The summed E-state index contributed by atoms with van der Waals surface area (Å²) < 4.78 is 48.6. The summed E-state index contributed by atoms with van der Waals surface area (Å²) in [6, 6.07) is 6.85. The molecule has 0 aliphatic heterocycles. The Labute approximate surface area is 277 Å². The summed E-state index contributed by atoms with van der Waals surface area (Å²) in [6.07, 6.45) is -2.32. The topological polar surface area (TPSA) is 108 Å². The van der Waals surface area contributed by atoms with Crippen LogP contribution in [-0.2, 0) is 19.1 Å². The van der Waals surface area contributed by atoms with Gasteiger partial charge in [0.05, 0.1) is 28.4 Å².